The number of halogens is 3. The van der Waals surface area contributed by atoms with Crippen LogP contribution in [0.1, 0.15) is 25.1 Å². The molecule has 0 fully saturated rings. The van der Waals surface area contributed by atoms with Crippen molar-refractivity contribution in [3.63, 3.8) is 0 Å². The molecular formula is C16H16ClF2N5O. The molecule has 0 unspecified atom stereocenters. The van der Waals surface area contributed by atoms with Gasteiger partial charge < -0.3 is 4.74 Å². The Hall–Kier alpha value is -2.61. The summed E-state index contributed by atoms with van der Waals surface area (Å²) in [6.45, 7) is 5.88. The maximum absolute atomic E-state index is 13.4. The van der Waals surface area contributed by atoms with Crippen LogP contribution in [0.5, 0.6) is 0 Å². The number of ether oxygens (including phenoxy) is 1. The average molecular weight is 368 g/mol. The monoisotopic (exact) mass is 367 g/mol. The molecule has 9 heteroatoms. The Morgan fingerprint density at radius 3 is 2.88 bits per heavy atom. The first-order valence-electron chi connectivity index (χ1n) is 7.19. The van der Waals surface area contributed by atoms with Gasteiger partial charge in [0.1, 0.15) is 12.3 Å². The molecule has 0 radical (unpaired) electrons. The topological polar surface area (TPSA) is 64.7 Å². The van der Waals surface area contributed by atoms with Crippen molar-refractivity contribution in [3.05, 3.63) is 53.0 Å². The minimum atomic E-state index is -2.93. The zero-order chi connectivity index (χ0) is 18.4. The Morgan fingerprint density at radius 1 is 1.48 bits per heavy atom. The molecule has 2 rings (SSSR count). The van der Waals surface area contributed by atoms with Crippen LogP contribution in [0, 0.1) is 0 Å². The van der Waals surface area contributed by atoms with Gasteiger partial charge in [0, 0.05) is 23.7 Å². The number of aromatic nitrogens is 3. The number of rotatable bonds is 5. The Kier molecular flexibility index (Phi) is 5.97. The van der Waals surface area contributed by atoms with Crippen LogP contribution in [0.4, 0.5) is 8.78 Å². The first kappa shape index (κ1) is 18.7. The van der Waals surface area contributed by atoms with E-state index in [9.17, 15) is 8.78 Å². The lowest BCUT2D eigenvalue weighted by Crippen LogP contribution is -2.08. The SMILES string of the molecule is C=N/C(=N\C=C(/C)Cl)OCc1cn(-c2cccc(C(C)(F)F)c2)nn1. The predicted molar refractivity (Wildman–Crippen MR) is 92.3 cm³/mol. The van der Waals surface area contributed by atoms with Crippen molar-refractivity contribution < 1.29 is 13.5 Å². The number of amidine groups is 1. The van der Waals surface area contributed by atoms with Crippen LogP contribution in [0.15, 0.2) is 51.7 Å². The van der Waals surface area contributed by atoms with Crippen molar-refractivity contribution in [2.45, 2.75) is 26.4 Å². The highest BCUT2D eigenvalue weighted by atomic mass is 35.5. The first-order chi connectivity index (χ1) is 11.8. The number of nitrogens with zero attached hydrogens (tertiary/aromatic N) is 5. The van der Waals surface area contributed by atoms with Crippen LogP contribution in [-0.4, -0.2) is 27.7 Å². The van der Waals surface area contributed by atoms with E-state index in [4.69, 9.17) is 16.3 Å². The van der Waals surface area contributed by atoms with Gasteiger partial charge in [-0.3, -0.25) is 0 Å². The second-order valence-corrected chi connectivity index (χ2v) is 5.76. The highest BCUT2D eigenvalue weighted by Gasteiger charge is 2.24. The van der Waals surface area contributed by atoms with Crippen LogP contribution in [0.25, 0.3) is 5.69 Å². The largest absolute Gasteiger partial charge is 0.457 e. The second kappa shape index (κ2) is 7.98. The van der Waals surface area contributed by atoms with Crippen molar-refractivity contribution in [1.82, 2.24) is 15.0 Å². The summed E-state index contributed by atoms with van der Waals surface area (Å²) in [7, 11) is 0. The van der Waals surface area contributed by atoms with Gasteiger partial charge in [-0.25, -0.2) is 23.4 Å². The molecule has 0 aliphatic heterocycles. The van der Waals surface area contributed by atoms with Gasteiger partial charge in [0.05, 0.1) is 11.9 Å². The minimum Gasteiger partial charge on any atom is -0.457 e. The lowest BCUT2D eigenvalue weighted by atomic mass is 10.1. The molecule has 0 saturated heterocycles. The van der Waals surface area contributed by atoms with Crippen LogP contribution in [0.3, 0.4) is 0 Å². The fraction of sp³-hybridized carbons (Fsp3) is 0.250. The molecule has 1 aromatic carbocycles. The van der Waals surface area contributed by atoms with E-state index in [-0.39, 0.29) is 18.2 Å². The number of alkyl halides is 2. The summed E-state index contributed by atoms with van der Waals surface area (Å²) in [5.41, 5.74) is 0.831. The second-order valence-electron chi connectivity index (χ2n) is 5.17. The summed E-state index contributed by atoms with van der Waals surface area (Å²) in [5, 5.41) is 8.30. The fourth-order valence-electron chi connectivity index (χ4n) is 1.82. The molecule has 0 atom stereocenters. The van der Waals surface area contributed by atoms with E-state index in [1.807, 2.05) is 0 Å². The molecule has 1 heterocycles. The maximum Gasteiger partial charge on any atom is 0.316 e. The lowest BCUT2D eigenvalue weighted by molar-refractivity contribution is 0.0174. The third-order valence-corrected chi connectivity index (χ3v) is 3.09. The molecule has 1 aromatic heterocycles. The Balaban J connectivity index is 2.11. The van der Waals surface area contributed by atoms with Crippen molar-refractivity contribution >= 4 is 24.3 Å². The van der Waals surface area contributed by atoms with Crippen LogP contribution in [0.2, 0.25) is 0 Å². The summed E-state index contributed by atoms with van der Waals surface area (Å²) in [6.07, 6.45) is 2.94. The van der Waals surface area contributed by atoms with Crippen molar-refractivity contribution in [1.29, 1.82) is 0 Å². The molecule has 0 amide bonds. The van der Waals surface area contributed by atoms with Crippen LogP contribution >= 0.6 is 11.6 Å². The highest BCUT2D eigenvalue weighted by Crippen LogP contribution is 2.28. The van der Waals surface area contributed by atoms with Gasteiger partial charge in [-0.1, -0.05) is 28.9 Å². The van der Waals surface area contributed by atoms with E-state index in [0.29, 0.717) is 16.4 Å². The molecule has 2 aromatic rings. The van der Waals surface area contributed by atoms with Crippen LogP contribution < -0.4 is 0 Å². The number of benzene rings is 1. The van der Waals surface area contributed by atoms with Gasteiger partial charge in [0.15, 0.2) is 0 Å². The zero-order valence-corrected chi connectivity index (χ0v) is 14.4. The van der Waals surface area contributed by atoms with E-state index in [1.54, 1.807) is 19.2 Å². The van der Waals surface area contributed by atoms with Crippen molar-refractivity contribution in [3.8, 4) is 5.69 Å². The van der Waals surface area contributed by atoms with E-state index >= 15 is 0 Å². The summed E-state index contributed by atoms with van der Waals surface area (Å²) < 4.78 is 33.6. The summed E-state index contributed by atoms with van der Waals surface area (Å²) >= 11 is 5.67. The van der Waals surface area contributed by atoms with Gasteiger partial charge in [-0.2, -0.15) is 0 Å². The zero-order valence-electron chi connectivity index (χ0n) is 13.7. The Labute approximate surface area is 148 Å². The van der Waals surface area contributed by atoms with Gasteiger partial charge in [0.25, 0.3) is 5.92 Å². The number of allylic oxidation sites excluding steroid dienone is 1. The minimum absolute atomic E-state index is 0.0298. The quantitative estimate of drug-likeness (QED) is 0.591. The lowest BCUT2D eigenvalue weighted by Gasteiger charge is -2.11. The number of aliphatic imine (C=N–C) groups is 2. The Morgan fingerprint density at radius 2 is 2.24 bits per heavy atom. The molecule has 0 bridgehead atoms. The normalized spacial score (nSPS) is 13.0. The highest BCUT2D eigenvalue weighted by molar-refractivity contribution is 6.29. The molecule has 0 aliphatic carbocycles. The van der Waals surface area contributed by atoms with Crippen LogP contribution in [-0.2, 0) is 17.3 Å². The summed E-state index contributed by atoms with van der Waals surface area (Å²) in [6, 6.07) is 5.93. The predicted octanol–water partition coefficient (Wildman–Crippen LogP) is 4.05. The molecule has 25 heavy (non-hydrogen) atoms. The van der Waals surface area contributed by atoms with E-state index in [2.05, 4.69) is 27.0 Å². The molecule has 132 valence electrons. The molecule has 6 nitrogen and oxygen atoms in total. The van der Waals surface area contributed by atoms with Gasteiger partial charge in [-0.15, -0.1) is 5.10 Å². The first-order valence-corrected chi connectivity index (χ1v) is 7.57. The standard InChI is InChI=1S/C16H16ClF2N5O/c1-11(17)8-21-15(20-3)25-10-13-9-24(23-22-13)14-6-4-5-12(7-14)16(2,18)19/h4-9H,3,10H2,1-2H3/b11-8+,21-15+. The van der Waals surface area contributed by atoms with E-state index in [0.717, 1.165) is 6.92 Å². The molecule has 0 spiro atoms. The third kappa shape index (κ3) is 5.46. The van der Waals surface area contributed by atoms with E-state index in [1.165, 1.54) is 29.1 Å². The molecule has 0 aliphatic rings. The fourth-order valence-corrected chi connectivity index (χ4v) is 1.87. The third-order valence-electron chi connectivity index (χ3n) is 3.00. The van der Waals surface area contributed by atoms with Crippen molar-refractivity contribution in [2.75, 3.05) is 0 Å². The van der Waals surface area contributed by atoms with Gasteiger partial charge >= 0.3 is 6.02 Å². The average Bonchev–Trinajstić information content (AvgIpc) is 3.03. The molecule has 0 N–H and O–H groups in total. The smallest absolute Gasteiger partial charge is 0.316 e. The molecular weight excluding hydrogens is 352 g/mol. The number of hydrogen-bond donors (Lipinski definition) is 0. The molecule has 0 saturated carbocycles. The summed E-state index contributed by atoms with van der Waals surface area (Å²) in [5.74, 6) is -2.93. The Bertz CT molecular complexity index is 807. The maximum atomic E-state index is 13.4. The van der Waals surface area contributed by atoms with Gasteiger partial charge in [0.2, 0.25) is 0 Å². The number of hydrogen-bond acceptors (Lipinski definition) is 4. The van der Waals surface area contributed by atoms with Crippen molar-refractivity contribution in [2.24, 2.45) is 9.98 Å². The summed E-state index contributed by atoms with van der Waals surface area (Å²) in [4.78, 5) is 7.51. The van der Waals surface area contributed by atoms with Gasteiger partial charge in [-0.05, 0) is 25.8 Å². The van der Waals surface area contributed by atoms with E-state index < -0.39 is 5.92 Å².